The second-order valence-electron chi connectivity index (χ2n) is 7.82. The summed E-state index contributed by atoms with van der Waals surface area (Å²) in [4.78, 5) is 26.6. The van der Waals surface area contributed by atoms with E-state index in [1.807, 2.05) is 71.0 Å². The number of fused-ring (bicyclic) bond motifs is 3. The lowest BCUT2D eigenvalue weighted by atomic mass is 10.0. The van der Waals surface area contributed by atoms with E-state index in [9.17, 15) is 9.59 Å². The summed E-state index contributed by atoms with van der Waals surface area (Å²) in [6.07, 6.45) is 0.468. The summed E-state index contributed by atoms with van der Waals surface area (Å²) in [7, 11) is 0. The minimum Gasteiger partial charge on any atom is -0.324 e. The van der Waals surface area contributed by atoms with E-state index >= 15 is 0 Å². The van der Waals surface area contributed by atoms with Crippen LogP contribution in [0.15, 0.2) is 41.2 Å². The molecular weight excluding hydrogens is 394 g/mol. The summed E-state index contributed by atoms with van der Waals surface area (Å²) >= 11 is 1.57. The van der Waals surface area contributed by atoms with E-state index in [1.165, 1.54) is 4.68 Å². The fraction of sp³-hybridized carbons (Fsp3) is 0.292. The van der Waals surface area contributed by atoms with Gasteiger partial charge in [0.05, 0.1) is 15.8 Å². The van der Waals surface area contributed by atoms with Crippen molar-refractivity contribution in [2.45, 2.75) is 47.1 Å². The molecule has 0 radical (unpaired) electrons. The van der Waals surface area contributed by atoms with E-state index in [4.69, 9.17) is 0 Å². The smallest absolute Gasteiger partial charge is 0.276 e. The Morgan fingerprint density at radius 3 is 2.47 bits per heavy atom. The van der Waals surface area contributed by atoms with Crippen LogP contribution in [0.4, 0.5) is 5.69 Å². The van der Waals surface area contributed by atoms with Crippen LogP contribution in [-0.2, 0) is 4.79 Å². The second kappa shape index (κ2) is 7.69. The highest BCUT2D eigenvalue weighted by atomic mass is 32.1. The van der Waals surface area contributed by atoms with Gasteiger partial charge in [0.2, 0.25) is 5.91 Å². The Morgan fingerprint density at radius 2 is 1.80 bits per heavy atom. The first-order valence-corrected chi connectivity index (χ1v) is 10.9. The molecule has 2 heterocycles. The highest BCUT2D eigenvalue weighted by Gasteiger charge is 2.25. The predicted octanol–water partition coefficient (Wildman–Crippen LogP) is 5.43. The van der Waals surface area contributed by atoms with E-state index in [0.717, 1.165) is 42.9 Å². The number of hydrogen-bond acceptors (Lipinski definition) is 4. The van der Waals surface area contributed by atoms with Crippen molar-refractivity contribution in [3.8, 4) is 0 Å². The summed E-state index contributed by atoms with van der Waals surface area (Å²) in [5.41, 5.74) is 4.51. The van der Waals surface area contributed by atoms with Crippen molar-refractivity contribution < 1.29 is 4.79 Å². The summed E-state index contributed by atoms with van der Waals surface area (Å²) in [5, 5.41) is 9.16. The first-order chi connectivity index (χ1) is 14.3. The predicted molar refractivity (Wildman–Crippen MR) is 125 cm³/mol. The number of rotatable bonds is 4. The van der Waals surface area contributed by atoms with Crippen LogP contribution < -0.4 is 10.9 Å². The van der Waals surface area contributed by atoms with Crippen molar-refractivity contribution in [1.82, 2.24) is 9.78 Å². The van der Waals surface area contributed by atoms with Crippen LogP contribution in [0.25, 0.3) is 20.2 Å². The van der Waals surface area contributed by atoms with Crippen molar-refractivity contribution in [3.05, 3.63) is 69.1 Å². The summed E-state index contributed by atoms with van der Waals surface area (Å²) in [6, 6.07) is 11.3. The highest BCUT2D eigenvalue weighted by Crippen LogP contribution is 2.33. The SMILES string of the molecule is CC[C@@H](C(=O)Nc1c(C)cc(C)cc1C)n1nc(C)c2sc3ccccc3c2c1=O. The molecule has 0 saturated heterocycles. The Bertz CT molecular complexity index is 1330. The van der Waals surface area contributed by atoms with Gasteiger partial charge in [0.25, 0.3) is 5.56 Å². The number of nitrogens with zero attached hydrogens (tertiary/aromatic N) is 2. The number of nitrogens with one attached hydrogen (secondary N) is 1. The van der Waals surface area contributed by atoms with Gasteiger partial charge in [-0.25, -0.2) is 4.68 Å². The number of hydrogen-bond donors (Lipinski definition) is 1. The molecule has 4 aromatic rings. The molecule has 1 N–H and O–H groups in total. The molecule has 30 heavy (non-hydrogen) atoms. The van der Waals surface area contributed by atoms with E-state index in [2.05, 4.69) is 10.4 Å². The zero-order valence-corrected chi connectivity index (χ0v) is 18.7. The van der Waals surface area contributed by atoms with Gasteiger partial charge in [-0.3, -0.25) is 9.59 Å². The van der Waals surface area contributed by atoms with Gasteiger partial charge in [0.15, 0.2) is 0 Å². The first-order valence-electron chi connectivity index (χ1n) is 10.1. The van der Waals surface area contributed by atoms with Crippen molar-refractivity contribution in [3.63, 3.8) is 0 Å². The third-order valence-corrected chi connectivity index (χ3v) is 6.79. The van der Waals surface area contributed by atoms with Crippen LogP contribution in [0.2, 0.25) is 0 Å². The standard InChI is InChI=1S/C24H25N3O2S/c1-6-18(23(28)25-21-14(3)11-13(2)12-15(21)4)27-24(29)20-17-9-7-8-10-19(17)30-22(20)16(5)26-27/h7-12,18H,6H2,1-5H3,(H,25,28)/t18-/m0/s1. The zero-order valence-electron chi connectivity index (χ0n) is 17.9. The largest absolute Gasteiger partial charge is 0.324 e. The molecule has 0 aliphatic heterocycles. The molecule has 0 aliphatic carbocycles. The molecule has 2 aromatic carbocycles. The molecule has 5 nitrogen and oxygen atoms in total. The Balaban J connectivity index is 1.82. The molecule has 0 aliphatic rings. The average molecular weight is 420 g/mol. The molecule has 4 rings (SSSR count). The van der Waals surface area contributed by atoms with Gasteiger partial charge < -0.3 is 5.32 Å². The monoisotopic (exact) mass is 419 g/mol. The fourth-order valence-electron chi connectivity index (χ4n) is 4.14. The molecule has 0 unspecified atom stereocenters. The van der Waals surface area contributed by atoms with Crippen molar-refractivity contribution in [2.75, 3.05) is 5.32 Å². The molecule has 1 amide bonds. The Hall–Kier alpha value is -2.99. The molecular formula is C24H25N3O2S. The topological polar surface area (TPSA) is 64.0 Å². The molecule has 0 bridgehead atoms. The molecule has 0 spiro atoms. The quantitative estimate of drug-likeness (QED) is 0.479. The lowest BCUT2D eigenvalue weighted by Crippen LogP contribution is -2.35. The average Bonchev–Trinajstić information content (AvgIpc) is 3.09. The van der Waals surface area contributed by atoms with Gasteiger partial charge in [0, 0.05) is 15.8 Å². The van der Waals surface area contributed by atoms with E-state index in [-0.39, 0.29) is 11.5 Å². The van der Waals surface area contributed by atoms with Crippen LogP contribution >= 0.6 is 11.3 Å². The van der Waals surface area contributed by atoms with E-state index < -0.39 is 6.04 Å². The van der Waals surface area contributed by atoms with Crippen LogP contribution in [0.3, 0.4) is 0 Å². The van der Waals surface area contributed by atoms with Gasteiger partial charge in [-0.15, -0.1) is 11.3 Å². The van der Waals surface area contributed by atoms with Crippen molar-refractivity contribution in [1.29, 1.82) is 0 Å². The van der Waals surface area contributed by atoms with Crippen LogP contribution in [0.5, 0.6) is 0 Å². The fourth-order valence-corrected chi connectivity index (χ4v) is 5.28. The number of aryl methyl sites for hydroxylation is 4. The van der Waals surface area contributed by atoms with E-state index in [1.54, 1.807) is 11.3 Å². The lowest BCUT2D eigenvalue weighted by Gasteiger charge is -2.19. The minimum absolute atomic E-state index is 0.215. The van der Waals surface area contributed by atoms with Crippen LogP contribution in [-0.4, -0.2) is 15.7 Å². The molecule has 1 atom stereocenters. The zero-order chi connectivity index (χ0) is 21.6. The Morgan fingerprint density at radius 1 is 1.13 bits per heavy atom. The Kier molecular flexibility index (Phi) is 5.20. The van der Waals surface area contributed by atoms with Crippen LogP contribution in [0.1, 0.15) is 41.8 Å². The number of anilines is 1. The van der Waals surface area contributed by atoms with Gasteiger partial charge in [0.1, 0.15) is 6.04 Å². The molecule has 154 valence electrons. The first kappa shape index (κ1) is 20.3. The molecule has 0 fully saturated rings. The number of benzene rings is 2. The lowest BCUT2D eigenvalue weighted by molar-refractivity contribution is -0.119. The third-order valence-electron chi connectivity index (χ3n) is 5.51. The minimum atomic E-state index is -0.681. The van der Waals surface area contributed by atoms with Crippen LogP contribution in [0, 0.1) is 27.7 Å². The second-order valence-corrected chi connectivity index (χ2v) is 8.88. The third kappa shape index (κ3) is 3.31. The maximum atomic E-state index is 13.4. The normalized spacial score (nSPS) is 12.4. The summed E-state index contributed by atoms with van der Waals surface area (Å²) in [6.45, 7) is 9.79. The molecule has 0 saturated carbocycles. The van der Waals surface area contributed by atoms with E-state index in [0.29, 0.717) is 11.8 Å². The number of carbonyl (C=O) groups is 1. The highest BCUT2D eigenvalue weighted by molar-refractivity contribution is 7.26. The maximum absolute atomic E-state index is 13.4. The summed E-state index contributed by atoms with van der Waals surface area (Å²) in [5.74, 6) is -0.222. The van der Waals surface area contributed by atoms with Gasteiger partial charge in [-0.05, 0) is 51.3 Å². The van der Waals surface area contributed by atoms with Crippen molar-refractivity contribution in [2.24, 2.45) is 0 Å². The molecule has 6 heteroatoms. The number of thiophene rings is 1. The number of aromatic nitrogens is 2. The maximum Gasteiger partial charge on any atom is 0.276 e. The Labute approximate surface area is 179 Å². The van der Waals surface area contributed by atoms with Gasteiger partial charge in [-0.1, -0.05) is 42.8 Å². The van der Waals surface area contributed by atoms with Crippen molar-refractivity contribution >= 4 is 43.1 Å². The number of carbonyl (C=O) groups excluding carboxylic acids is 1. The number of amides is 1. The van der Waals surface area contributed by atoms with Gasteiger partial charge >= 0.3 is 0 Å². The van der Waals surface area contributed by atoms with Gasteiger partial charge in [-0.2, -0.15) is 5.10 Å². The summed E-state index contributed by atoms with van der Waals surface area (Å²) < 4.78 is 3.30. The molecule has 2 aromatic heterocycles.